The molecule has 0 unspecified atom stereocenters. The molecule has 0 aliphatic rings. The van der Waals surface area contributed by atoms with Gasteiger partial charge in [-0.1, -0.05) is 12.1 Å². The summed E-state index contributed by atoms with van der Waals surface area (Å²) in [5.74, 6) is -3.48. The molecule has 2 aromatic carbocycles. The van der Waals surface area contributed by atoms with Gasteiger partial charge in [0.25, 0.3) is 5.91 Å². The monoisotopic (exact) mass is 545 g/mol. The first-order valence-corrected chi connectivity index (χ1v) is 12.4. The number of carbonyl (C=O) groups is 3. The maximum Gasteiger partial charge on any atom is 0.416 e. The fourth-order valence-electron chi connectivity index (χ4n) is 2.86. The molecule has 0 heterocycles. The van der Waals surface area contributed by atoms with Crippen molar-refractivity contribution in [2.24, 2.45) is 0 Å². The lowest BCUT2D eigenvalue weighted by Gasteiger charge is -2.15. The topological polar surface area (TPSA) is 120 Å². The Kier molecular flexibility index (Phi) is 11.9. The minimum absolute atomic E-state index is 0.0677. The van der Waals surface area contributed by atoms with Crippen LogP contribution in [0.25, 0.3) is 0 Å². The van der Waals surface area contributed by atoms with Crippen molar-refractivity contribution in [3.8, 4) is 5.75 Å². The van der Waals surface area contributed by atoms with Crippen LogP contribution in [0.15, 0.2) is 42.5 Å². The molecule has 2 aromatic rings. The number of nitrogens with one attached hydrogen (secondary N) is 1. The average molecular weight is 545 g/mol. The first-order chi connectivity index (χ1) is 17.5. The van der Waals surface area contributed by atoms with Gasteiger partial charge in [0.15, 0.2) is 0 Å². The smallest absolute Gasteiger partial charge is 0.416 e. The van der Waals surface area contributed by atoms with Crippen molar-refractivity contribution in [2.45, 2.75) is 45.9 Å². The highest BCUT2D eigenvalue weighted by Crippen LogP contribution is 2.40. The lowest BCUT2D eigenvalue weighted by molar-refractivity contribution is -0.140. The molecule has 0 atom stereocenters. The van der Waals surface area contributed by atoms with E-state index in [0.717, 1.165) is 11.6 Å². The van der Waals surface area contributed by atoms with Crippen LogP contribution in [0.1, 0.15) is 54.6 Å². The molecule has 13 heteroatoms. The lowest BCUT2D eigenvalue weighted by atomic mass is 10.1. The van der Waals surface area contributed by atoms with Gasteiger partial charge in [0, 0.05) is 18.5 Å². The van der Waals surface area contributed by atoms with Crippen LogP contribution in [0.5, 0.6) is 5.75 Å². The van der Waals surface area contributed by atoms with Gasteiger partial charge >= 0.3 is 26.7 Å². The third-order valence-electron chi connectivity index (χ3n) is 4.57. The maximum absolute atomic E-state index is 13.2. The van der Waals surface area contributed by atoms with Gasteiger partial charge in [0.05, 0.1) is 30.9 Å². The van der Waals surface area contributed by atoms with E-state index in [2.05, 4.69) is 5.32 Å². The summed E-state index contributed by atoms with van der Waals surface area (Å²) in [6.45, 7) is 4.69. The van der Waals surface area contributed by atoms with Crippen LogP contribution in [0.3, 0.4) is 0 Å². The van der Waals surface area contributed by atoms with E-state index in [1.54, 1.807) is 24.3 Å². The molecule has 1 amide bonds. The summed E-state index contributed by atoms with van der Waals surface area (Å²) >= 11 is 0. The Morgan fingerprint density at radius 3 is 2.16 bits per heavy atom. The molecular formula is C24H27F3NO8P. The summed E-state index contributed by atoms with van der Waals surface area (Å²) in [6, 6.07) is 8.66. The van der Waals surface area contributed by atoms with Crippen LogP contribution in [-0.2, 0) is 35.9 Å². The minimum atomic E-state index is -4.73. The lowest BCUT2D eigenvalue weighted by Crippen LogP contribution is -2.17. The zero-order chi connectivity index (χ0) is 27.4. The number of carboxylic acids is 1. The summed E-state index contributed by atoms with van der Waals surface area (Å²) in [5, 5.41) is 11.2. The van der Waals surface area contributed by atoms with Crippen LogP contribution in [0.4, 0.5) is 18.9 Å². The van der Waals surface area contributed by atoms with Crippen molar-refractivity contribution < 1.29 is 51.0 Å². The molecule has 0 spiro atoms. The Morgan fingerprint density at radius 1 is 0.946 bits per heavy atom. The van der Waals surface area contributed by atoms with E-state index in [1.165, 1.54) is 0 Å². The van der Waals surface area contributed by atoms with Crippen molar-refractivity contribution in [3.63, 3.8) is 0 Å². The van der Waals surface area contributed by atoms with E-state index in [1.807, 2.05) is 13.8 Å². The van der Waals surface area contributed by atoms with Crippen molar-refractivity contribution in [1.29, 1.82) is 0 Å². The van der Waals surface area contributed by atoms with Gasteiger partial charge in [0.1, 0.15) is 5.75 Å². The Hall–Kier alpha value is -3.05. The number of carbonyl (C=O) groups excluding carboxylic acids is 2. The van der Waals surface area contributed by atoms with Crippen LogP contribution in [0, 0.1) is 0 Å². The highest BCUT2D eigenvalue weighted by atomic mass is 31.2. The first-order valence-electron chi connectivity index (χ1n) is 11.3. The number of ether oxygens (including phenoxy) is 1. The van der Waals surface area contributed by atoms with Crippen molar-refractivity contribution in [1.82, 2.24) is 0 Å². The van der Waals surface area contributed by atoms with Crippen molar-refractivity contribution >= 4 is 32.1 Å². The number of hydrogen-bond donors (Lipinski definition) is 2. The number of aliphatic carboxylic acids is 1. The first kappa shape index (κ1) is 30.2. The van der Waals surface area contributed by atoms with E-state index >= 15 is 0 Å². The Balaban J connectivity index is 2.12. The standard InChI is InChI=1S/C24H27F3NO8P/c1-3-33-37(34-4-2)35-15-16-8-11-18(12-9-16)28-23(32)19-13-10-17(24(25,26)27)14-20(19)36-22(31)7-5-6-21(29)30/h8-14H,3-7,15H2,1-2H3,(H,28,32)(H,29,30). The average Bonchev–Trinajstić information content (AvgIpc) is 2.83. The molecule has 0 fully saturated rings. The van der Waals surface area contributed by atoms with Gasteiger partial charge in [-0.25, -0.2) is 0 Å². The number of halogens is 3. The van der Waals surface area contributed by atoms with E-state index in [9.17, 15) is 27.6 Å². The molecule has 0 aliphatic carbocycles. The summed E-state index contributed by atoms with van der Waals surface area (Å²) in [5.41, 5.74) is -0.313. The third kappa shape index (κ3) is 10.5. The molecule has 2 N–H and O–H groups in total. The molecule has 2 rings (SSSR count). The van der Waals surface area contributed by atoms with Gasteiger partial charge < -0.3 is 28.7 Å². The predicted octanol–water partition coefficient (Wildman–Crippen LogP) is 5.93. The molecule has 0 aliphatic heterocycles. The van der Waals surface area contributed by atoms with Gasteiger partial charge in [-0.2, -0.15) is 13.2 Å². The van der Waals surface area contributed by atoms with Crippen molar-refractivity contribution in [2.75, 3.05) is 18.5 Å². The fourth-order valence-corrected chi connectivity index (χ4v) is 3.76. The van der Waals surface area contributed by atoms with Crippen LogP contribution >= 0.6 is 8.60 Å². The van der Waals surface area contributed by atoms with Gasteiger partial charge in [0.2, 0.25) is 0 Å². The molecule has 0 radical (unpaired) electrons. The van der Waals surface area contributed by atoms with E-state index in [-0.39, 0.29) is 31.4 Å². The highest BCUT2D eigenvalue weighted by molar-refractivity contribution is 7.41. The Morgan fingerprint density at radius 2 is 1.59 bits per heavy atom. The molecule has 9 nitrogen and oxygen atoms in total. The molecule has 0 saturated heterocycles. The third-order valence-corrected chi connectivity index (χ3v) is 5.84. The van der Waals surface area contributed by atoms with Crippen LogP contribution < -0.4 is 10.1 Å². The highest BCUT2D eigenvalue weighted by Gasteiger charge is 2.32. The Bertz CT molecular complexity index is 1060. The number of benzene rings is 2. The fraction of sp³-hybridized carbons (Fsp3) is 0.375. The number of hydrogen-bond acceptors (Lipinski definition) is 7. The van der Waals surface area contributed by atoms with Gasteiger partial charge in [-0.05, 0) is 56.2 Å². The normalized spacial score (nSPS) is 11.4. The van der Waals surface area contributed by atoms with Crippen LogP contribution in [0.2, 0.25) is 0 Å². The number of alkyl halides is 3. The number of rotatable bonds is 14. The zero-order valence-corrected chi connectivity index (χ0v) is 21.1. The van der Waals surface area contributed by atoms with Crippen molar-refractivity contribution in [3.05, 3.63) is 59.2 Å². The van der Waals surface area contributed by atoms with Crippen LogP contribution in [-0.4, -0.2) is 36.2 Å². The second-order valence-corrected chi connectivity index (χ2v) is 8.64. The van der Waals surface area contributed by atoms with E-state index in [0.29, 0.717) is 31.0 Å². The minimum Gasteiger partial charge on any atom is -0.481 e. The molecule has 0 saturated carbocycles. The largest absolute Gasteiger partial charge is 0.481 e. The second kappa shape index (κ2) is 14.6. The SMILES string of the molecule is CCOP(OCC)OCc1ccc(NC(=O)c2ccc(C(F)(F)F)cc2OC(=O)CCCC(=O)O)cc1. The zero-order valence-electron chi connectivity index (χ0n) is 20.2. The summed E-state index contributed by atoms with van der Waals surface area (Å²) < 4.78 is 60.9. The predicted molar refractivity (Wildman–Crippen MR) is 128 cm³/mol. The quantitative estimate of drug-likeness (QED) is 0.170. The van der Waals surface area contributed by atoms with Gasteiger partial charge in [-0.15, -0.1) is 0 Å². The summed E-state index contributed by atoms with van der Waals surface area (Å²) in [4.78, 5) is 35.5. The molecule has 0 aromatic heterocycles. The number of esters is 1. The van der Waals surface area contributed by atoms with E-state index in [4.69, 9.17) is 23.4 Å². The Labute approximate surface area is 212 Å². The molecular weight excluding hydrogens is 518 g/mol. The second-order valence-electron chi connectivity index (χ2n) is 7.41. The van der Waals surface area contributed by atoms with Gasteiger partial charge in [-0.3, -0.25) is 14.4 Å². The molecule has 37 heavy (non-hydrogen) atoms. The molecule has 0 bridgehead atoms. The maximum atomic E-state index is 13.2. The summed E-state index contributed by atoms with van der Waals surface area (Å²) in [6.07, 6.45) is -5.46. The number of anilines is 1. The summed E-state index contributed by atoms with van der Waals surface area (Å²) in [7, 11) is -1.49. The van der Waals surface area contributed by atoms with E-state index < -0.39 is 43.9 Å². The number of carboxylic acid groups (broad SMARTS) is 1. The molecule has 202 valence electrons. The number of amides is 1.